The Bertz CT molecular complexity index is 842. The number of nitrogens with zero attached hydrogens (tertiary/aromatic N) is 1. The Kier molecular flexibility index (Phi) is 5.46. The Morgan fingerprint density at radius 3 is 1.96 bits per heavy atom. The smallest absolute Gasteiger partial charge is 0.282 e. The van der Waals surface area contributed by atoms with Crippen LogP contribution in [0.15, 0.2) is 45.7 Å². The van der Waals surface area contributed by atoms with Gasteiger partial charge in [0.25, 0.3) is 10.0 Å². The fourth-order valence-electron chi connectivity index (χ4n) is 2.05. The first-order valence-corrected chi connectivity index (χ1v) is 8.52. The molecule has 0 saturated heterocycles. The second-order valence-corrected chi connectivity index (χ2v) is 6.60. The van der Waals surface area contributed by atoms with Gasteiger partial charge in [0.1, 0.15) is 5.75 Å². The van der Waals surface area contributed by atoms with Crippen LogP contribution < -0.4 is 14.2 Å². The van der Waals surface area contributed by atoms with E-state index in [1.165, 1.54) is 39.7 Å². The second-order valence-electron chi connectivity index (χ2n) is 4.97. The van der Waals surface area contributed by atoms with Crippen molar-refractivity contribution < 1.29 is 22.6 Å². The molecule has 0 radical (unpaired) electrons. The lowest BCUT2D eigenvalue weighted by atomic mass is 10.2. The molecular formula is C17H19NO5S. The van der Waals surface area contributed by atoms with E-state index in [1.807, 2.05) is 6.92 Å². The first-order valence-electron chi connectivity index (χ1n) is 7.08. The van der Waals surface area contributed by atoms with Crippen molar-refractivity contribution in [2.75, 3.05) is 21.3 Å². The summed E-state index contributed by atoms with van der Waals surface area (Å²) in [6.45, 7) is 1.88. The lowest BCUT2D eigenvalue weighted by Crippen LogP contribution is -2.00. The van der Waals surface area contributed by atoms with Crippen molar-refractivity contribution in [2.24, 2.45) is 4.40 Å². The van der Waals surface area contributed by atoms with Crippen LogP contribution in [0, 0.1) is 6.92 Å². The maximum Gasteiger partial charge on any atom is 0.282 e. The molecular weight excluding hydrogens is 330 g/mol. The molecule has 0 fully saturated rings. The van der Waals surface area contributed by atoms with E-state index in [1.54, 1.807) is 24.3 Å². The molecule has 0 heterocycles. The largest absolute Gasteiger partial charge is 0.496 e. The average Bonchev–Trinajstić information content (AvgIpc) is 2.59. The first kappa shape index (κ1) is 17.8. The van der Waals surface area contributed by atoms with Crippen LogP contribution in [-0.2, 0) is 10.0 Å². The van der Waals surface area contributed by atoms with Crippen LogP contribution in [0.5, 0.6) is 17.2 Å². The van der Waals surface area contributed by atoms with Crippen molar-refractivity contribution in [3.8, 4) is 17.2 Å². The predicted molar refractivity (Wildman–Crippen MR) is 92.1 cm³/mol. The molecule has 128 valence electrons. The average molecular weight is 349 g/mol. The van der Waals surface area contributed by atoms with Crippen LogP contribution >= 0.6 is 0 Å². The molecule has 0 aromatic heterocycles. The van der Waals surface area contributed by atoms with Crippen LogP contribution in [0.3, 0.4) is 0 Å². The van der Waals surface area contributed by atoms with Crippen LogP contribution in [-0.4, -0.2) is 36.0 Å². The number of methoxy groups -OCH3 is 3. The minimum Gasteiger partial charge on any atom is -0.496 e. The molecule has 0 bridgehead atoms. The topological polar surface area (TPSA) is 74.2 Å². The summed E-state index contributed by atoms with van der Waals surface area (Å²) in [7, 11) is 0.687. The Morgan fingerprint density at radius 2 is 1.42 bits per heavy atom. The Labute approximate surface area is 141 Å². The highest BCUT2D eigenvalue weighted by molar-refractivity contribution is 7.90. The van der Waals surface area contributed by atoms with Crippen LogP contribution in [0.25, 0.3) is 0 Å². The molecule has 0 unspecified atom stereocenters. The summed E-state index contributed by atoms with van der Waals surface area (Å²) in [4.78, 5) is 0.129. The molecule has 0 saturated carbocycles. The Morgan fingerprint density at radius 1 is 0.875 bits per heavy atom. The molecule has 2 aromatic carbocycles. The summed E-state index contributed by atoms with van der Waals surface area (Å²) >= 11 is 0. The third kappa shape index (κ3) is 3.86. The third-order valence-corrected chi connectivity index (χ3v) is 4.64. The fraction of sp³-hybridized carbons (Fsp3) is 0.235. The van der Waals surface area contributed by atoms with E-state index < -0.39 is 10.0 Å². The highest BCUT2D eigenvalue weighted by Gasteiger charge is 2.14. The van der Waals surface area contributed by atoms with Crippen LogP contribution in [0.4, 0.5) is 0 Å². The SMILES string of the molecule is COc1cc(OC)c(OC)cc1/C=N\S(=O)(=O)c1ccc(C)cc1. The normalized spacial score (nSPS) is 11.5. The molecule has 0 amide bonds. The molecule has 0 aliphatic carbocycles. The van der Waals surface area contributed by atoms with Crippen LogP contribution in [0.2, 0.25) is 0 Å². The van der Waals surface area contributed by atoms with Gasteiger partial charge in [-0.1, -0.05) is 17.7 Å². The number of hydrogen-bond acceptors (Lipinski definition) is 5. The lowest BCUT2D eigenvalue weighted by Gasteiger charge is -2.11. The summed E-state index contributed by atoms with van der Waals surface area (Å²) < 4.78 is 44.0. The maximum atomic E-state index is 12.3. The standard InChI is InChI=1S/C17H19NO5S/c1-12-5-7-14(8-6-12)24(19,20)18-11-13-9-16(22-3)17(23-4)10-15(13)21-2/h5-11H,1-4H3/b18-11-. The van der Waals surface area contributed by atoms with Gasteiger partial charge < -0.3 is 14.2 Å². The van der Waals surface area contributed by atoms with Gasteiger partial charge in [-0.15, -0.1) is 0 Å². The highest BCUT2D eigenvalue weighted by Crippen LogP contribution is 2.33. The minimum atomic E-state index is -3.79. The summed E-state index contributed by atoms with van der Waals surface area (Å²) in [5.74, 6) is 1.36. The van der Waals surface area contributed by atoms with Gasteiger partial charge in [0, 0.05) is 11.6 Å². The molecule has 7 heteroatoms. The number of rotatable bonds is 6. The van der Waals surface area contributed by atoms with E-state index in [0.29, 0.717) is 22.8 Å². The lowest BCUT2D eigenvalue weighted by molar-refractivity contribution is 0.349. The Hall–Kier alpha value is -2.54. The summed E-state index contributed by atoms with van der Waals surface area (Å²) in [5, 5.41) is 0. The molecule has 0 atom stereocenters. The zero-order valence-electron chi connectivity index (χ0n) is 13.9. The van der Waals surface area contributed by atoms with Gasteiger partial charge >= 0.3 is 0 Å². The molecule has 6 nitrogen and oxygen atoms in total. The van der Waals surface area contributed by atoms with Crippen LogP contribution in [0.1, 0.15) is 11.1 Å². The number of benzene rings is 2. The van der Waals surface area contributed by atoms with E-state index in [4.69, 9.17) is 14.2 Å². The zero-order chi connectivity index (χ0) is 17.7. The monoisotopic (exact) mass is 349 g/mol. The molecule has 0 aliphatic rings. The van der Waals surface area contributed by atoms with Gasteiger partial charge in [-0.05, 0) is 25.1 Å². The van der Waals surface area contributed by atoms with Gasteiger partial charge in [-0.3, -0.25) is 0 Å². The van der Waals surface area contributed by atoms with Gasteiger partial charge in [-0.25, -0.2) is 0 Å². The summed E-state index contributed by atoms with van der Waals surface area (Å²) in [6, 6.07) is 9.70. The summed E-state index contributed by atoms with van der Waals surface area (Å²) in [6.07, 6.45) is 1.23. The van der Waals surface area contributed by atoms with Crippen molar-refractivity contribution in [3.63, 3.8) is 0 Å². The van der Waals surface area contributed by atoms with Gasteiger partial charge in [0.2, 0.25) is 0 Å². The first-order chi connectivity index (χ1) is 11.4. The van der Waals surface area contributed by atoms with Gasteiger partial charge in [0.15, 0.2) is 11.5 Å². The number of ether oxygens (including phenoxy) is 3. The van der Waals surface area contributed by atoms with E-state index >= 15 is 0 Å². The highest BCUT2D eigenvalue weighted by atomic mass is 32.2. The maximum absolute atomic E-state index is 12.3. The number of sulfonamides is 1. The van der Waals surface area contributed by atoms with Crippen molar-refractivity contribution in [3.05, 3.63) is 47.5 Å². The number of aryl methyl sites for hydroxylation is 1. The minimum absolute atomic E-state index is 0.129. The van der Waals surface area contributed by atoms with E-state index in [9.17, 15) is 8.42 Å². The van der Waals surface area contributed by atoms with Crippen molar-refractivity contribution in [1.29, 1.82) is 0 Å². The van der Waals surface area contributed by atoms with E-state index in [0.717, 1.165) is 5.56 Å². The molecule has 2 rings (SSSR count). The molecule has 0 spiro atoms. The fourth-order valence-corrected chi connectivity index (χ4v) is 2.91. The molecule has 2 aromatic rings. The van der Waals surface area contributed by atoms with Crippen molar-refractivity contribution in [2.45, 2.75) is 11.8 Å². The van der Waals surface area contributed by atoms with Crippen molar-refractivity contribution >= 4 is 16.2 Å². The zero-order valence-corrected chi connectivity index (χ0v) is 14.8. The predicted octanol–water partition coefficient (Wildman–Crippen LogP) is 2.83. The van der Waals surface area contributed by atoms with Gasteiger partial charge in [-0.2, -0.15) is 12.8 Å². The molecule has 0 aliphatic heterocycles. The summed E-state index contributed by atoms with van der Waals surface area (Å²) in [5.41, 5.74) is 1.44. The molecule has 24 heavy (non-hydrogen) atoms. The number of hydrogen-bond donors (Lipinski definition) is 0. The second kappa shape index (κ2) is 7.35. The Balaban J connectivity index is 2.42. The quantitative estimate of drug-likeness (QED) is 0.750. The van der Waals surface area contributed by atoms with Gasteiger partial charge in [0.05, 0.1) is 32.4 Å². The van der Waals surface area contributed by atoms with E-state index in [2.05, 4.69) is 4.40 Å². The van der Waals surface area contributed by atoms with Crippen molar-refractivity contribution in [1.82, 2.24) is 0 Å². The van der Waals surface area contributed by atoms with E-state index in [-0.39, 0.29) is 4.90 Å². The molecule has 0 N–H and O–H groups in total. The third-order valence-electron chi connectivity index (χ3n) is 3.39.